The van der Waals surface area contributed by atoms with Crippen molar-refractivity contribution in [1.29, 1.82) is 0 Å². The van der Waals surface area contributed by atoms with E-state index in [1.165, 1.54) is 33.0 Å². The average Bonchev–Trinajstić information content (AvgIpc) is 2.49. The zero-order valence-corrected chi connectivity index (χ0v) is 12.2. The van der Waals surface area contributed by atoms with Crippen molar-refractivity contribution in [2.75, 3.05) is 0 Å². The van der Waals surface area contributed by atoms with Crippen molar-refractivity contribution in [2.45, 2.75) is 25.3 Å². The number of fused-ring (bicyclic) bond motifs is 2. The Kier molecular flexibility index (Phi) is 2.83. The van der Waals surface area contributed by atoms with E-state index in [2.05, 4.69) is 67.6 Å². The summed E-state index contributed by atoms with van der Waals surface area (Å²) in [7, 11) is 0. The van der Waals surface area contributed by atoms with E-state index < -0.39 is 0 Å². The first kappa shape index (κ1) is 12.6. The fourth-order valence-corrected chi connectivity index (χ4v) is 3.60. The van der Waals surface area contributed by atoms with Crippen LogP contribution in [0.4, 0.5) is 0 Å². The molecule has 3 aromatic rings. The first-order chi connectivity index (χ1) is 10.3. The average molecular weight is 273 g/mol. The van der Waals surface area contributed by atoms with Gasteiger partial charge in [0.25, 0.3) is 0 Å². The van der Waals surface area contributed by atoms with Gasteiger partial charge in [0.2, 0.25) is 0 Å². The third-order valence-corrected chi connectivity index (χ3v) is 4.86. The van der Waals surface area contributed by atoms with Crippen molar-refractivity contribution in [2.24, 2.45) is 5.73 Å². The van der Waals surface area contributed by atoms with Gasteiger partial charge in [0.05, 0.1) is 0 Å². The van der Waals surface area contributed by atoms with Gasteiger partial charge in [0.15, 0.2) is 0 Å². The van der Waals surface area contributed by atoms with E-state index in [9.17, 15) is 0 Å². The summed E-state index contributed by atoms with van der Waals surface area (Å²) in [5, 5.41) is 2.62. The summed E-state index contributed by atoms with van der Waals surface area (Å²) in [4.78, 5) is 0. The SMILES string of the molecule is Cc1ccc(C(N)C2Cc3ccccc32)c2ccccc12. The molecule has 21 heavy (non-hydrogen) atoms. The highest BCUT2D eigenvalue weighted by Crippen LogP contribution is 2.43. The van der Waals surface area contributed by atoms with Crippen LogP contribution in [0.15, 0.2) is 60.7 Å². The molecule has 0 bridgehead atoms. The molecule has 1 aliphatic carbocycles. The van der Waals surface area contributed by atoms with Gasteiger partial charge in [0.1, 0.15) is 0 Å². The molecule has 104 valence electrons. The maximum atomic E-state index is 6.63. The minimum atomic E-state index is 0.0744. The van der Waals surface area contributed by atoms with Crippen LogP contribution in [0.25, 0.3) is 10.8 Å². The highest BCUT2D eigenvalue weighted by atomic mass is 14.7. The van der Waals surface area contributed by atoms with E-state index in [1.807, 2.05) is 0 Å². The summed E-state index contributed by atoms with van der Waals surface area (Å²) in [6.07, 6.45) is 1.10. The number of rotatable bonds is 2. The molecule has 0 aromatic heterocycles. The Hall–Kier alpha value is -2.12. The maximum Gasteiger partial charge on any atom is 0.0374 e. The van der Waals surface area contributed by atoms with Crippen molar-refractivity contribution >= 4 is 10.8 Å². The second-order valence-electron chi connectivity index (χ2n) is 6.05. The molecule has 2 unspecified atom stereocenters. The van der Waals surface area contributed by atoms with Crippen LogP contribution < -0.4 is 5.73 Å². The third kappa shape index (κ3) is 1.89. The summed E-state index contributed by atoms with van der Waals surface area (Å²) in [6.45, 7) is 2.16. The van der Waals surface area contributed by atoms with Crippen LogP contribution in [0.3, 0.4) is 0 Å². The van der Waals surface area contributed by atoms with Crippen molar-refractivity contribution in [3.05, 3.63) is 82.9 Å². The molecule has 0 fully saturated rings. The molecule has 3 aromatic carbocycles. The zero-order valence-electron chi connectivity index (χ0n) is 12.2. The van der Waals surface area contributed by atoms with Crippen LogP contribution >= 0.6 is 0 Å². The van der Waals surface area contributed by atoms with Gasteiger partial charge in [-0.15, -0.1) is 0 Å². The van der Waals surface area contributed by atoms with Crippen LogP contribution in [0.1, 0.15) is 34.2 Å². The number of benzene rings is 3. The van der Waals surface area contributed by atoms with Crippen molar-refractivity contribution in [3.63, 3.8) is 0 Å². The molecule has 2 atom stereocenters. The van der Waals surface area contributed by atoms with Crippen LogP contribution in [0.2, 0.25) is 0 Å². The van der Waals surface area contributed by atoms with E-state index in [-0.39, 0.29) is 6.04 Å². The molecule has 1 nitrogen and oxygen atoms in total. The van der Waals surface area contributed by atoms with Gasteiger partial charge in [0, 0.05) is 12.0 Å². The molecule has 0 heterocycles. The molecule has 1 aliphatic rings. The van der Waals surface area contributed by atoms with Gasteiger partial charge in [-0.3, -0.25) is 0 Å². The fraction of sp³-hybridized carbons (Fsp3) is 0.200. The number of hydrogen-bond donors (Lipinski definition) is 1. The first-order valence-corrected chi connectivity index (χ1v) is 7.57. The second-order valence-corrected chi connectivity index (χ2v) is 6.05. The van der Waals surface area contributed by atoms with E-state index >= 15 is 0 Å². The highest BCUT2D eigenvalue weighted by Gasteiger charge is 2.32. The number of nitrogens with two attached hydrogens (primary N) is 1. The lowest BCUT2D eigenvalue weighted by atomic mass is 9.71. The van der Waals surface area contributed by atoms with Crippen molar-refractivity contribution in [3.8, 4) is 0 Å². The van der Waals surface area contributed by atoms with Gasteiger partial charge in [-0.25, -0.2) is 0 Å². The van der Waals surface area contributed by atoms with Crippen LogP contribution in [-0.4, -0.2) is 0 Å². The Balaban J connectivity index is 1.80. The molecule has 2 N–H and O–H groups in total. The minimum Gasteiger partial charge on any atom is -0.323 e. The summed E-state index contributed by atoms with van der Waals surface area (Å²) >= 11 is 0. The summed E-state index contributed by atoms with van der Waals surface area (Å²) in [6, 6.07) is 21.7. The summed E-state index contributed by atoms with van der Waals surface area (Å²) in [5.74, 6) is 0.451. The van der Waals surface area contributed by atoms with Gasteiger partial charge in [-0.2, -0.15) is 0 Å². The van der Waals surface area contributed by atoms with Crippen molar-refractivity contribution < 1.29 is 0 Å². The Labute approximate surface area is 125 Å². The molecule has 0 aliphatic heterocycles. The van der Waals surface area contributed by atoms with E-state index in [4.69, 9.17) is 5.73 Å². The van der Waals surface area contributed by atoms with E-state index in [0.717, 1.165) is 6.42 Å². The Morgan fingerprint density at radius 2 is 1.62 bits per heavy atom. The Morgan fingerprint density at radius 3 is 2.43 bits per heavy atom. The molecular formula is C20H19N. The van der Waals surface area contributed by atoms with Gasteiger partial charge < -0.3 is 5.73 Å². The Bertz CT molecular complexity index is 819. The largest absolute Gasteiger partial charge is 0.323 e. The lowest BCUT2D eigenvalue weighted by molar-refractivity contribution is 0.502. The molecular weight excluding hydrogens is 254 g/mol. The predicted molar refractivity (Wildman–Crippen MR) is 88.5 cm³/mol. The molecule has 0 saturated heterocycles. The molecule has 0 amide bonds. The molecule has 4 rings (SSSR count). The quantitative estimate of drug-likeness (QED) is 0.731. The van der Waals surface area contributed by atoms with Crippen LogP contribution in [-0.2, 0) is 6.42 Å². The van der Waals surface area contributed by atoms with Crippen LogP contribution in [0, 0.1) is 6.92 Å². The highest BCUT2D eigenvalue weighted by molar-refractivity contribution is 5.89. The topological polar surface area (TPSA) is 26.0 Å². The first-order valence-electron chi connectivity index (χ1n) is 7.57. The zero-order chi connectivity index (χ0) is 14.4. The normalized spacial score (nSPS) is 18.1. The second kappa shape index (κ2) is 4.71. The summed E-state index contributed by atoms with van der Waals surface area (Å²) < 4.78 is 0. The van der Waals surface area contributed by atoms with Crippen molar-refractivity contribution in [1.82, 2.24) is 0 Å². The van der Waals surface area contributed by atoms with Crippen LogP contribution in [0.5, 0.6) is 0 Å². The lowest BCUT2D eigenvalue weighted by Crippen LogP contribution is -2.29. The number of aryl methyl sites for hydroxylation is 1. The standard InChI is InChI=1S/C20H19N/c1-13-10-11-18(17-9-5-4-7-15(13)17)20(21)19-12-14-6-2-3-8-16(14)19/h2-11,19-20H,12,21H2,1H3. The fourth-order valence-electron chi connectivity index (χ4n) is 3.60. The number of hydrogen-bond acceptors (Lipinski definition) is 1. The molecule has 1 heteroatoms. The van der Waals surface area contributed by atoms with Gasteiger partial charge in [-0.1, -0.05) is 60.7 Å². The molecule has 0 saturated carbocycles. The lowest BCUT2D eigenvalue weighted by Gasteiger charge is -2.35. The Morgan fingerprint density at radius 1 is 0.905 bits per heavy atom. The predicted octanol–water partition coefficient (Wildman–Crippen LogP) is 4.49. The minimum absolute atomic E-state index is 0.0744. The maximum absolute atomic E-state index is 6.63. The summed E-state index contributed by atoms with van der Waals surface area (Å²) in [5.41, 5.74) is 12.1. The molecule has 0 radical (unpaired) electrons. The van der Waals surface area contributed by atoms with Gasteiger partial charge >= 0.3 is 0 Å². The smallest absolute Gasteiger partial charge is 0.0374 e. The van der Waals surface area contributed by atoms with Gasteiger partial charge in [-0.05, 0) is 46.4 Å². The monoisotopic (exact) mass is 273 g/mol. The molecule has 0 spiro atoms. The van der Waals surface area contributed by atoms with E-state index in [1.54, 1.807) is 0 Å². The third-order valence-electron chi connectivity index (χ3n) is 4.86. The van der Waals surface area contributed by atoms with E-state index in [0.29, 0.717) is 5.92 Å².